The summed E-state index contributed by atoms with van der Waals surface area (Å²) in [6, 6.07) is 2.14. The molecule has 2 aliphatic rings. The molecule has 17 heavy (non-hydrogen) atoms. The van der Waals surface area contributed by atoms with E-state index in [4.69, 9.17) is 4.74 Å². The number of hydrogen-bond acceptors (Lipinski definition) is 5. The topological polar surface area (TPSA) is 50.3 Å². The highest BCUT2D eigenvalue weighted by Crippen LogP contribution is 2.19. The van der Waals surface area contributed by atoms with Gasteiger partial charge in [0.15, 0.2) is 0 Å². The van der Waals surface area contributed by atoms with Crippen molar-refractivity contribution in [3.05, 3.63) is 18.1 Å². The minimum atomic E-state index is 0.145. The summed E-state index contributed by atoms with van der Waals surface area (Å²) in [5, 5.41) is 3.38. The van der Waals surface area contributed by atoms with Crippen molar-refractivity contribution in [2.45, 2.75) is 18.9 Å². The van der Waals surface area contributed by atoms with Crippen molar-refractivity contribution in [2.24, 2.45) is 0 Å². The summed E-state index contributed by atoms with van der Waals surface area (Å²) in [6.45, 7) is 4.56. The van der Waals surface area contributed by atoms with Crippen molar-refractivity contribution in [3.8, 4) is 0 Å². The van der Waals surface area contributed by atoms with Crippen LogP contribution in [-0.2, 0) is 4.74 Å². The van der Waals surface area contributed by atoms with E-state index < -0.39 is 0 Å². The van der Waals surface area contributed by atoms with E-state index in [1.54, 1.807) is 0 Å². The predicted molar refractivity (Wildman–Crippen MR) is 65.0 cm³/mol. The molecule has 0 amide bonds. The number of nitrogens with zero attached hydrogens (tertiary/aromatic N) is 3. The Balaban J connectivity index is 1.77. The van der Waals surface area contributed by atoms with Crippen LogP contribution in [0, 0.1) is 0 Å². The van der Waals surface area contributed by atoms with Gasteiger partial charge in [0.25, 0.3) is 0 Å². The van der Waals surface area contributed by atoms with Gasteiger partial charge in [-0.3, -0.25) is 0 Å². The minimum absolute atomic E-state index is 0.145. The summed E-state index contributed by atoms with van der Waals surface area (Å²) in [5.41, 5.74) is 0. The second-order valence-electron chi connectivity index (χ2n) is 4.55. The second-order valence-corrected chi connectivity index (χ2v) is 4.55. The molecular formula is C12H18N4O. The lowest BCUT2D eigenvalue weighted by atomic mass is 10.2. The fourth-order valence-corrected chi connectivity index (χ4v) is 2.39. The first kappa shape index (κ1) is 10.9. The highest BCUT2D eigenvalue weighted by Gasteiger charge is 2.20. The van der Waals surface area contributed by atoms with Gasteiger partial charge in [0.05, 0.1) is 19.3 Å². The molecule has 3 heterocycles. The van der Waals surface area contributed by atoms with Gasteiger partial charge in [0, 0.05) is 25.8 Å². The van der Waals surface area contributed by atoms with Gasteiger partial charge in [-0.25, -0.2) is 9.97 Å². The lowest BCUT2D eigenvalue weighted by molar-refractivity contribution is 0.0742. The maximum Gasteiger partial charge on any atom is 0.149 e. The fraction of sp³-hybridized carbons (Fsp3) is 0.667. The van der Waals surface area contributed by atoms with Crippen molar-refractivity contribution in [1.29, 1.82) is 0 Å². The third kappa shape index (κ3) is 2.40. The van der Waals surface area contributed by atoms with Crippen molar-refractivity contribution < 1.29 is 4.74 Å². The van der Waals surface area contributed by atoms with Crippen molar-refractivity contribution in [2.75, 3.05) is 37.7 Å². The lowest BCUT2D eigenvalue weighted by Crippen LogP contribution is -2.36. The van der Waals surface area contributed by atoms with Crippen molar-refractivity contribution in [1.82, 2.24) is 15.3 Å². The SMILES string of the molecule is c1cc(N2CCCC2)nc([C@@H]2COCCN2)n1. The van der Waals surface area contributed by atoms with E-state index in [-0.39, 0.29) is 6.04 Å². The largest absolute Gasteiger partial charge is 0.378 e. The monoisotopic (exact) mass is 234 g/mol. The number of ether oxygens (including phenoxy) is 1. The average Bonchev–Trinajstić information content (AvgIpc) is 2.94. The molecule has 3 rings (SSSR count). The van der Waals surface area contributed by atoms with E-state index in [1.165, 1.54) is 12.8 Å². The van der Waals surface area contributed by atoms with Crippen molar-refractivity contribution in [3.63, 3.8) is 0 Å². The third-order valence-corrected chi connectivity index (χ3v) is 3.32. The van der Waals surface area contributed by atoms with Gasteiger partial charge < -0.3 is 15.0 Å². The van der Waals surface area contributed by atoms with Crippen LogP contribution in [-0.4, -0.2) is 42.8 Å². The molecule has 5 nitrogen and oxygen atoms in total. The Morgan fingerprint density at radius 1 is 1.35 bits per heavy atom. The van der Waals surface area contributed by atoms with Crippen LogP contribution in [0.4, 0.5) is 5.82 Å². The van der Waals surface area contributed by atoms with Gasteiger partial charge in [-0.05, 0) is 18.9 Å². The number of nitrogens with one attached hydrogen (secondary N) is 1. The van der Waals surface area contributed by atoms with Gasteiger partial charge in [-0.2, -0.15) is 0 Å². The Morgan fingerprint density at radius 2 is 2.24 bits per heavy atom. The van der Waals surface area contributed by atoms with Crippen LogP contribution < -0.4 is 10.2 Å². The number of hydrogen-bond donors (Lipinski definition) is 1. The first-order chi connectivity index (χ1) is 8.43. The summed E-state index contributed by atoms with van der Waals surface area (Å²) < 4.78 is 5.45. The highest BCUT2D eigenvalue weighted by molar-refractivity contribution is 5.38. The first-order valence-corrected chi connectivity index (χ1v) is 6.32. The summed E-state index contributed by atoms with van der Waals surface area (Å²) in [6.07, 6.45) is 4.39. The molecular weight excluding hydrogens is 216 g/mol. The van der Waals surface area contributed by atoms with E-state index in [0.717, 1.165) is 37.9 Å². The zero-order valence-electron chi connectivity index (χ0n) is 9.93. The van der Waals surface area contributed by atoms with Crippen LogP contribution >= 0.6 is 0 Å². The molecule has 92 valence electrons. The molecule has 0 aliphatic carbocycles. The molecule has 2 aliphatic heterocycles. The zero-order chi connectivity index (χ0) is 11.5. The predicted octanol–water partition coefficient (Wildman–Crippen LogP) is 0.738. The highest BCUT2D eigenvalue weighted by atomic mass is 16.5. The lowest BCUT2D eigenvalue weighted by Gasteiger charge is -2.24. The number of anilines is 1. The maximum absolute atomic E-state index is 5.45. The molecule has 0 saturated carbocycles. The number of aromatic nitrogens is 2. The molecule has 0 spiro atoms. The van der Waals surface area contributed by atoms with Crippen LogP contribution in [0.2, 0.25) is 0 Å². The van der Waals surface area contributed by atoms with E-state index >= 15 is 0 Å². The van der Waals surface area contributed by atoms with Gasteiger partial charge in [0.1, 0.15) is 11.6 Å². The third-order valence-electron chi connectivity index (χ3n) is 3.32. The summed E-state index contributed by atoms with van der Waals surface area (Å²) in [4.78, 5) is 11.3. The van der Waals surface area contributed by atoms with Crippen molar-refractivity contribution >= 4 is 5.82 Å². The molecule has 5 heteroatoms. The Hall–Kier alpha value is -1.20. The smallest absolute Gasteiger partial charge is 0.149 e. The summed E-state index contributed by atoms with van der Waals surface area (Å²) >= 11 is 0. The Morgan fingerprint density at radius 3 is 3.00 bits per heavy atom. The van der Waals surface area contributed by atoms with E-state index in [1.807, 2.05) is 12.3 Å². The number of rotatable bonds is 2. The Kier molecular flexibility index (Phi) is 3.20. The normalized spacial score (nSPS) is 25.2. The molecule has 0 unspecified atom stereocenters. The van der Waals surface area contributed by atoms with Crippen LogP contribution in [0.25, 0.3) is 0 Å². The quantitative estimate of drug-likeness (QED) is 0.818. The first-order valence-electron chi connectivity index (χ1n) is 6.32. The van der Waals surface area contributed by atoms with Gasteiger partial charge >= 0.3 is 0 Å². The van der Waals surface area contributed by atoms with E-state index in [0.29, 0.717) is 6.61 Å². The Bertz CT molecular complexity index is 373. The second kappa shape index (κ2) is 4.98. The van der Waals surface area contributed by atoms with Crippen LogP contribution in [0.5, 0.6) is 0 Å². The molecule has 2 saturated heterocycles. The molecule has 1 aromatic rings. The summed E-state index contributed by atoms with van der Waals surface area (Å²) in [5.74, 6) is 1.91. The number of morpholine rings is 1. The molecule has 2 fully saturated rings. The molecule has 0 radical (unpaired) electrons. The standard InChI is InChI=1S/C12H18N4O/c1-2-7-16(6-1)11-3-4-14-12(15-11)10-9-17-8-5-13-10/h3-4,10,13H,1-2,5-9H2/t10-/m0/s1. The van der Waals surface area contributed by atoms with Gasteiger partial charge in [0.2, 0.25) is 0 Å². The Labute approximate surface area is 101 Å². The van der Waals surface area contributed by atoms with E-state index in [9.17, 15) is 0 Å². The maximum atomic E-state index is 5.45. The molecule has 1 aromatic heterocycles. The average molecular weight is 234 g/mol. The van der Waals surface area contributed by atoms with Crippen LogP contribution in [0.3, 0.4) is 0 Å². The minimum Gasteiger partial charge on any atom is -0.378 e. The molecule has 1 atom stereocenters. The van der Waals surface area contributed by atoms with Gasteiger partial charge in [-0.15, -0.1) is 0 Å². The molecule has 1 N–H and O–H groups in total. The fourth-order valence-electron chi connectivity index (χ4n) is 2.39. The molecule has 0 bridgehead atoms. The zero-order valence-corrected chi connectivity index (χ0v) is 9.93. The van der Waals surface area contributed by atoms with Crippen LogP contribution in [0.15, 0.2) is 12.3 Å². The summed E-state index contributed by atoms with van der Waals surface area (Å²) in [7, 11) is 0. The van der Waals surface area contributed by atoms with E-state index in [2.05, 4.69) is 20.2 Å². The molecule has 0 aromatic carbocycles. The van der Waals surface area contributed by atoms with Crippen LogP contribution in [0.1, 0.15) is 24.7 Å². The van der Waals surface area contributed by atoms with Gasteiger partial charge in [-0.1, -0.05) is 0 Å².